The highest BCUT2D eigenvalue weighted by molar-refractivity contribution is 7.88. The average molecular weight is 392 g/mol. The molecule has 0 radical (unpaired) electrons. The Balaban J connectivity index is 1.67. The van der Waals surface area contributed by atoms with Crippen molar-refractivity contribution in [2.45, 2.75) is 11.9 Å². The van der Waals surface area contributed by atoms with Crippen LogP contribution in [0.25, 0.3) is 10.8 Å². The topological polar surface area (TPSA) is 87.2 Å². The molecule has 0 spiro atoms. The molecule has 1 aliphatic heterocycles. The second kappa shape index (κ2) is 8.35. The molecule has 0 aliphatic carbocycles. The summed E-state index contributed by atoms with van der Waals surface area (Å²) in [5, 5.41) is 10.9. The molecule has 2 aromatic rings. The van der Waals surface area contributed by atoms with Crippen molar-refractivity contribution < 1.29 is 23.1 Å². The lowest BCUT2D eigenvalue weighted by atomic mass is 10.1. The van der Waals surface area contributed by atoms with Crippen LogP contribution in [0.1, 0.15) is 5.56 Å². The lowest BCUT2D eigenvalue weighted by Gasteiger charge is -2.33. The highest BCUT2D eigenvalue weighted by Gasteiger charge is 2.30. The van der Waals surface area contributed by atoms with Crippen molar-refractivity contribution in [1.29, 1.82) is 0 Å². The summed E-state index contributed by atoms with van der Waals surface area (Å²) in [5.41, 5.74) is 0.750. The molecule has 1 unspecified atom stereocenters. The summed E-state index contributed by atoms with van der Waals surface area (Å²) in [7, 11) is -1.80. The van der Waals surface area contributed by atoms with E-state index in [0.717, 1.165) is 16.3 Å². The molecule has 2 aromatic carbocycles. The largest absolute Gasteiger partial charge is 0.480 e. The molecule has 7 nitrogen and oxygen atoms in total. The molecular formula is C19H24N2O5S. The smallest absolute Gasteiger partial charge is 0.317 e. The number of sulfonamides is 1. The van der Waals surface area contributed by atoms with Gasteiger partial charge >= 0.3 is 5.97 Å². The molecule has 0 aromatic heterocycles. The molecule has 0 saturated carbocycles. The third-order valence-electron chi connectivity index (χ3n) is 4.58. The number of rotatable bonds is 7. The molecule has 1 aliphatic rings. The van der Waals surface area contributed by atoms with Gasteiger partial charge < -0.3 is 9.84 Å². The number of carboxylic acids is 1. The molecule has 27 heavy (non-hydrogen) atoms. The van der Waals surface area contributed by atoms with Crippen molar-refractivity contribution in [2.24, 2.45) is 0 Å². The van der Waals surface area contributed by atoms with Gasteiger partial charge in [0.05, 0.1) is 25.0 Å². The lowest BCUT2D eigenvalue weighted by Crippen LogP contribution is -2.49. The van der Waals surface area contributed by atoms with E-state index in [1.165, 1.54) is 4.31 Å². The van der Waals surface area contributed by atoms with Crippen LogP contribution in [0.5, 0.6) is 0 Å². The third-order valence-corrected chi connectivity index (χ3v) is 6.39. The molecule has 0 amide bonds. The predicted molar refractivity (Wildman–Crippen MR) is 103 cm³/mol. The zero-order chi connectivity index (χ0) is 19.4. The van der Waals surface area contributed by atoms with Crippen LogP contribution < -0.4 is 0 Å². The van der Waals surface area contributed by atoms with Crippen molar-refractivity contribution >= 4 is 26.8 Å². The predicted octanol–water partition coefficient (Wildman–Crippen LogP) is 1.39. The number of likely N-dealkylation sites (N-methyl/N-ethyl adjacent to an activating group) is 1. The van der Waals surface area contributed by atoms with Crippen LogP contribution in [-0.2, 0) is 25.3 Å². The molecule has 1 N–H and O–H groups in total. The molecule has 1 fully saturated rings. The van der Waals surface area contributed by atoms with Gasteiger partial charge in [-0.1, -0.05) is 42.5 Å². The molecular weight excluding hydrogens is 368 g/mol. The molecule has 0 bridgehead atoms. The maximum absolute atomic E-state index is 12.9. The van der Waals surface area contributed by atoms with Crippen molar-refractivity contribution in [3.05, 3.63) is 48.0 Å². The molecule has 1 saturated heterocycles. The maximum Gasteiger partial charge on any atom is 0.317 e. The minimum Gasteiger partial charge on any atom is -0.480 e. The number of morpholine rings is 1. The van der Waals surface area contributed by atoms with Gasteiger partial charge in [0, 0.05) is 19.6 Å². The number of nitrogens with zero attached hydrogens (tertiary/aromatic N) is 2. The summed E-state index contributed by atoms with van der Waals surface area (Å²) >= 11 is 0. The Kier molecular flexibility index (Phi) is 6.11. The van der Waals surface area contributed by atoms with E-state index in [4.69, 9.17) is 9.84 Å². The first-order chi connectivity index (χ1) is 12.8. The van der Waals surface area contributed by atoms with Gasteiger partial charge in [0.25, 0.3) is 0 Å². The summed E-state index contributed by atoms with van der Waals surface area (Å²) in [6.07, 6.45) is -0.338. The van der Waals surface area contributed by atoms with E-state index in [1.807, 2.05) is 42.5 Å². The Morgan fingerprint density at radius 2 is 2.00 bits per heavy atom. The summed E-state index contributed by atoms with van der Waals surface area (Å²) in [6.45, 7) is 1.12. The first-order valence-electron chi connectivity index (χ1n) is 8.81. The van der Waals surface area contributed by atoms with Gasteiger partial charge in [-0.05, 0) is 23.4 Å². The number of hydrogen-bond donors (Lipinski definition) is 1. The van der Waals surface area contributed by atoms with E-state index in [9.17, 15) is 13.2 Å². The fraction of sp³-hybridized carbons (Fsp3) is 0.421. The number of aliphatic carboxylic acids is 1. The van der Waals surface area contributed by atoms with Crippen molar-refractivity contribution in [1.82, 2.24) is 9.21 Å². The second-order valence-corrected chi connectivity index (χ2v) is 8.85. The van der Waals surface area contributed by atoms with Gasteiger partial charge in [-0.2, -0.15) is 4.31 Å². The Labute approximate surface area is 159 Å². The van der Waals surface area contributed by atoms with Crippen LogP contribution in [-0.4, -0.2) is 74.6 Å². The van der Waals surface area contributed by atoms with Gasteiger partial charge in [0.15, 0.2) is 0 Å². The Bertz CT molecular complexity index is 915. The number of carboxylic acid groups (broad SMARTS) is 1. The lowest BCUT2D eigenvalue weighted by molar-refractivity contribution is -0.138. The SMILES string of the molecule is CN(CC(=O)O)CC1CN(S(=O)(=O)Cc2ccc3ccccc3c2)CCO1. The second-order valence-electron chi connectivity index (χ2n) is 6.88. The minimum absolute atomic E-state index is 0.0600. The third kappa shape index (κ3) is 5.26. The first-order valence-corrected chi connectivity index (χ1v) is 10.4. The molecule has 146 valence electrons. The number of ether oxygens (including phenoxy) is 1. The van der Waals surface area contributed by atoms with Crippen molar-refractivity contribution in [3.8, 4) is 0 Å². The monoisotopic (exact) mass is 392 g/mol. The van der Waals surface area contributed by atoms with Crippen LogP contribution >= 0.6 is 0 Å². The maximum atomic E-state index is 12.9. The summed E-state index contributed by atoms with van der Waals surface area (Å²) in [5.74, 6) is -0.982. The fourth-order valence-corrected chi connectivity index (χ4v) is 4.86. The Hall–Kier alpha value is -2.00. The van der Waals surface area contributed by atoms with Gasteiger partial charge in [-0.3, -0.25) is 9.69 Å². The van der Waals surface area contributed by atoms with Crippen LogP contribution in [0.2, 0.25) is 0 Å². The zero-order valence-corrected chi connectivity index (χ0v) is 16.1. The van der Waals surface area contributed by atoms with E-state index < -0.39 is 16.0 Å². The summed E-state index contributed by atoms with van der Waals surface area (Å²) in [4.78, 5) is 12.4. The number of fused-ring (bicyclic) bond motifs is 1. The van der Waals surface area contributed by atoms with Crippen LogP contribution in [0.3, 0.4) is 0 Å². The Morgan fingerprint density at radius 3 is 2.74 bits per heavy atom. The van der Waals surface area contributed by atoms with Crippen molar-refractivity contribution in [3.63, 3.8) is 0 Å². The highest BCUT2D eigenvalue weighted by atomic mass is 32.2. The van der Waals surface area contributed by atoms with Crippen LogP contribution in [0, 0.1) is 0 Å². The van der Waals surface area contributed by atoms with Crippen molar-refractivity contribution in [2.75, 3.05) is 39.8 Å². The van der Waals surface area contributed by atoms with E-state index in [2.05, 4.69) is 0 Å². The van der Waals surface area contributed by atoms with E-state index >= 15 is 0 Å². The van der Waals surface area contributed by atoms with E-state index in [-0.39, 0.29) is 24.9 Å². The fourth-order valence-electron chi connectivity index (χ4n) is 3.33. The van der Waals surface area contributed by atoms with Crippen LogP contribution in [0.15, 0.2) is 42.5 Å². The van der Waals surface area contributed by atoms with Gasteiger partial charge in [0.1, 0.15) is 0 Å². The standard InChI is InChI=1S/C19H24N2O5S/c1-20(13-19(22)23)11-18-12-21(8-9-26-18)27(24,25)14-15-6-7-16-4-2-3-5-17(16)10-15/h2-7,10,18H,8-9,11-14H2,1H3,(H,22,23). The first kappa shape index (κ1) is 19.8. The van der Waals surface area contributed by atoms with E-state index in [0.29, 0.717) is 19.7 Å². The molecule has 1 atom stereocenters. The quantitative estimate of drug-likeness (QED) is 0.766. The summed E-state index contributed by atoms with van der Waals surface area (Å²) in [6, 6.07) is 13.5. The van der Waals surface area contributed by atoms with Gasteiger partial charge in [-0.25, -0.2) is 8.42 Å². The Morgan fingerprint density at radius 1 is 1.26 bits per heavy atom. The van der Waals surface area contributed by atoms with E-state index in [1.54, 1.807) is 11.9 Å². The van der Waals surface area contributed by atoms with Gasteiger partial charge in [-0.15, -0.1) is 0 Å². The average Bonchev–Trinajstić information content (AvgIpc) is 2.61. The molecule has 1 heterocycles. The minimum atomic E-state index is -3.48. The zero-order valence-electron chi connectivity index (χ0n) is 15.2. The highest BCUT2D eigenvalue weighted by Crippen LogP contribution is 2.20. The molecule has 8 heteroatoms. The summed E-state index contributed by atoms with van der Waals surface area (Å²) < 4.78 is 32.8. The van der Waals surface area contributed by atoms with Crippen LogP contribution in [0.4, 0.5) is 0 Å². The number of carbonyl (C=O) groups is 1. The normalized spacial score (nSPS) is 18.8. The van der Waals surface area contributed by atoms with Gasteiger partial charge in [0.2, 0.25) is 10.0 Å². The molecule has 3 rings (SSSR count). The number of hydrogen-bond acceptors (Lipinski definition) is 5. The number of benzene rings is 2.